The molecule has 54 heavy (non-hydrogen) atoms. The van der Waals surface area contributed by atoms with Gasteiger partial charge < -0.3 is 39.9 Å². The van der Waals surface area contributed by atoms with Crippen molar-refractivity contribution in [1.82, 2.24) is 0 Å². The van der Waals surface area contributed by atoms with Crippen LogP contribution in [0.25, 0.3) is 0 Å². The lowest BCUT2D eigenvalue weighted by molar-refractivity contribution is -0.220. The summed E-state index contributed by atoms with van der Waals surface area (Å²) < 4.78 is 33.3. The first-order valence-electron chi connectivity index (χ1n) is 20.6. The highest BCUT2D eigenvalue weighted by Crippen LogP contribution is 2.47. The number of carbonyl (C=O) groups is 2. The second-order valence-corrected chi connectivity index (χ2v) is 15.9. The summed E-state index contributed by atoms with van der Waals surface area (Å²) in [5.74, 6) is -1.11. The van der Waals surface area contributed by atoms with Crippen molar-refractivity contribution in [1.29, 1.82) is 0 Å². The van der Waals surface area contributed by atoms with Gasteiger partial charge in [0, 0.05) is 12.8 Å². The van der Waals surface area contributed by atoms with Crippen LogP contribution in [0.4, 0.5) is 0 Å². The average molecular weight is 793 g/mol. The predicted octanol–water partition coefficient (Wildman–Crippen LogP) is 6.89. The number of phosphoric acid groups is 1. The molecule has 0 aromatic carbocycles. The van der Waals surface area contributed by atoms with Crippen molar-refractivity contribution in [2.45, 2.75) is 204 Å². The van der Waals surface area contributed by atoms with Crippen LogP contribution in [0.5, 0.6) is 0 Å². The third-order valence-electron chi connectivity index (χ3n) is 9.55. The van der Waals surface area contributed by atoms with E-state index in [4.69, 9.17) is 18.5 Å². The number of ether oxygens (including phenoxy) is 2. The first kappa shape index (κ1) is 50.3. The number of hydrogen-bond donors (Lipinski definition) is 6. The summed E-state index contributed by atoms with van der Waals surface area (Å²) in [6, 6.07) is 0. The van der Waals surface area contributed by atoms with Crippen molar-refractivity contribution in [3.63, 3.8) is 0 Å². The molecule has 0 radical (unpaired) electrons. The highest BCUT2D eigenvalue weighted by Gasteiger charge is 2.51. The summed E-state index contributed by atoms with van der Waals surface area (Å²) in [6.07, 6.45) is 18.3. The van der Waals surface area contributed by atoms with Crippen LogP contribution in [0.1, 0.15) is 162 Å². The summed E-state index contributed by atoms with van der Waals surface area (Å²) >= 11 is 0. The molecule has 0 aromatic rings. The molecule has 0 saturated heterocycles. The summed E-state index contributed by atoms with van der Waals surface area (Å²) in [5, 5.41) is 49.9. The third-order valence-corrected chi connectivity index (χ3v) is 10.5. The monoisotopic (exact) mass is 792 g/mol. The Hall–Kier alpha value is -1.67. The summed E-state index contributed by atoms with van der Waals surface area (Å²) in [6.45, 7) is 3.20. The Morgan fingerprint density at radius 2 is 1.00 bits per heavy atom. The van der Waals surface area contributed by atoms with Crippen LogP contribution < -0.4 is 0 Å². The van der Waals surface area contributed by atoms with Gasteiger partial charge in [-0.05, 0) is 44.9 Å². The minimum atomic E-state index is -5.11. The van der Waals surface area contributed by atoms with E-state index in [1.165, 1.54) is 44.9 Å². The van der Waals surface area contributed by atoms with E-state index in [0.29, 0.717) is 12.8 Å². The topological polar surface area (TPSA) is 210 Å². The molecule has 0 aromatic heterocycles. The van der Waals surface area contributed by atoms with E-state index in [9.17, 15) is 44.6 Å². The normalized spacial score (nSPS) is 23.5. The SMILES string of the molecule is CCCCC/C=C/C/C=C/CCCCCCCCCC(=O)O[C@H](COC(=O)CCCCCCCCCC)COP(=O)(O)OC1C(O)C(O)C(O)[C@H](O)C1O. The largest absolute Gasteiger partial charge is 0.472 e. The van der Waals surface area contributed by atoms with Gasteiger partial charge >= 0.3 is 19.8 Å². The lowest BCUT2D eigenvalue weighted by atomic mass is 9.85. The Labute approximate surface area is 324 Å². The number of allylic oxidation sites excluding steroid dienone is 4. The molecule has 0 spiro atoms. The second kappa shape index (κ2) is 31.4. The van der Waals surface area contributed by atoms with Crippen molar-refractivity contribution < 1.29 is 63.1 Å². The molecule has 0 bridgehead atoms. The van der Waals surface area contributed by atoms with Crippen molar-refractivity contribution in [3.8, 4) is 0 Å². The van der Waals surface area contributed by atoms with Gasteiger partial charge in [-0.15, -0.1) is 0 Å². The molecule has 1 aliphatic rings. The molecule has 1 saturated carbocycles. The zero-order valence-electron chi connectivity index (χ0n) is 33.0. The quantitative estimate of drug-likeness (QED) is 0.0173. The lowest BCUT2D eigenvalue weighted by Crippen LogP contribution is -2.64. The predicted molar refractivity (Wildman–Crippen MR) is 207 cm³/mol. The summed E-state index contributed by atoms with van der Waals surface area (Å²) in [7, 11) is -5.11. The highest BCUT2D eigenvalue weighted by molar-refractivity contribution is 7.47. The number of hydrogen-bond acceptors (Lipinski definition) is 12. The average Bonchev–Trinajstić information content (AvgIpc) is 3.15. The molecule has 13 nitrogen and oxygen atoms in total. The number of carbonyl (C=O) groups excluding carboxylic acids is 2. The van der Waals surface area contributed by atoms with E-state index >= 15 is 0 Å². The smallest absolute Gasteiger partial charge is 0.462 e. The molecule has 0 aliphatic heterocycles. The van der Waals surface area contributed by atoms with Gasteiger partial charge in [0.2, 0.25) is 0 Å². The summed E-state index contributed by atoms with van der Waals surface area (Å²) in [4.78, 5) is 35.4. The molecule has 6 unspecified atom stereocenters. The first-order valence-corrected chi connectivity index (χ1v) is 22.1. The zero-order chi connectivity index (χ0) is 40.0. The van der Waals surface area contributed by atoms with Crippen LogP contribution >= 0.6 is 7.82 Å². The van der Waals surface area contributed by atoms with Crippen molar-refractivity contribution >= 4 is 19.8 Å². The number of phosphoric ester groups is 1. The molecule has 6 N–H and O–H groups in total. The van der Waals surface area contributed by atoms with Crippen LogP contribution in [-0.2, 0) is 32.7 Å². The molecular formula is C40H73O13P. The Bertz CT molecular complexity index is 1050. The van der Waals surface area contributed by atoms with Gasteiger partial charge in [-0.2, -0.15) is 0 Å². The number of aliphatic hydroxyl groups is 5. The van der Waals surface area contributed by atoms with Gasteiger partial charge in [-0.25, -0.2) is 4.57 Å². The van der Waals surface area contributed by atoms with E-state index in [1.54, 1.807) is 0 Å². The van der Waals surface area contributed by atoms with Gasteiger partial charge in [0.15, 0.2) is 6.10 Å². The fourth-order valence-electron chi connectivity index (χ4n) is 6.14. The Kier molecular flexibility index (Phi) is 29.3. The van der Waals surface area contributed by atoms with Gasteiger partial charge in [-0.3, -0.25) is 18.6 Å². The molecule has 1 rings (SSSR count). The van der Waals surface area contributed by atoms with Crippen LogP contribution in [0.3, 0.4) is 0 Å². The standard InChI is InChI=1S/C40H73O13P/c1-3-5-7-9-11-13-14-15-16-17-18-19-20-21-23-25-27-29-34(42)52-32(30-50-33(41)28-26-24-22-12-10-8-6-4-2)31-51-54(48,49)53-40-38(46)36(44)35(43)37(45)39(40)47/h11,13,15-16,32,35-40,43-47H,3-10,12,14,17-31H2,1-2H3,(H,48,49)/b13-11+,16-15+/t32-,35?,36+,37?,38?,39?,40?/m1/s1. The van der Waals surface area contributed by atoms with Crippen LogP contribution in [-0.4, -0.2) is 98.3 Å². The van der Waals surface area contributed by atoms with Gasteiger partial charge in [-0.1, -0.05) is 128 Å². The molecular weight excluding hydrogens is 719 g/mol. The zero-order valence-corrected chi connectivity index (χ0v) is 33.9. The van der Waals surface area contributed by atoms with Crippen LogP contribution in [0.15, 0.2) is 24.3 Å². The third kappa shape index (κ3) is 24.1. The first-order chi connectivity index (χ1) is 25.9. The molecule has 8 atom stereocenters. The van der Waals surface area contributed by atoms with E-state index in [0.717, 1.165) is 77.0 Å². The summed E-state index contributed by atoms with van der Waals surface area (Å²) in [5.41, 5.74) is 0. The molecule has 14 heteroatoms. The molecule has 1 fully saturated rings. The second-order valence-electron chi connectivity index (χ2n) is 14.5. The lowest BCUT2D eigenvalue weighted by Gasteiger charge is -2.41. The maximum atomic E-state index is 12.7. The van der Waals surface area contributed by atoms with Crippen molar-refractivity contribution in [3.05, 3.63) is 24.3 Å². The number of esters is 2. The van der Waals surface area contributed by atoms with Crippen LogP contribution in [0.2, 0.25) is 0 Å². The highest BCUT2D eigenvalue weighted by atomic mass is 31.2. The maximum absolute atomic E-state index is 12.7. The Morgan fingerprint density at radius 1 is 0.574 bits per heavy atom. The van der Waals surface area contributed by atoms with Gasteiger partial charge in [0.1, 0.15) is 43.2 Å². The van der Waals surface area contributed by atoms with Crippen molar-refractivity contribution in [2.24, 2.45) is 0 Å². The van der Waals surface area contributed by atoms with E-state index < -0.39 is 75.7 Å². The van der Waals surface area contributed by atoms with Crippen molar-refractivity contribution in [2.75, 3.05) is 13.2 Å². The fraction of sp³-hybridized carbons (Fsp3) is 0.850. The fourth-order valence-corrected chi connectivity index (χ4v) is 7.11. The molecule has 0 heterocycles. The van der Waals surface area contributed by atoms with E-state index in [2.05, 4.69) is 38.2 Å². The number of aliphatic hydroxyl groups excluding tert-OH is 5. The minimum Gasteiger partial charge on any atom is -0.462 e. The number of rotatable bonds is 33. The van der Waals surface area contributed by atoms with Gasteiger partial charge in [0.05, 0.1) is 6.61 Å². The van der Waals surface area contributed by atoms with Gasteiger partial charge in [0.25, 0.3) is 0 Å². The number of unbranched alkanes of at least 4 members (excludes halogenated alkanes) is 17. The Morgan fingerprint density at radius 3 is 1.54 bits per heavy atom. The molecule has 316 valence electrons. The minimum absolute atomic E-state index is 0.0897. The maximum Gasteiger partial charge on any atom is 0.472 e. The molecule has 1 aliphatic carbocycles. The Balaban J connectivity index is 2.48. The van der Waals surface area contributed by atoms with Crippen LogP contribution in [0, 0.1) is 0 Å². The molecule has 0 amide bonds. The van der Waals surface area contributed by atoms with E-state index in [1.807, 2.05) is 0 Å². The van der Waals surface area contributed by atoms with E-state index in [-0.39, 0.29) is 12.8 Å².